The van der Waals surface area contributed by atoms with E-state index in [-0.39, 0.29) is 5.91 Å². The van der Waals surface area contributed by atoms with Crippen molar-refractivity contribution in [3.8, 4) is 0 Å². The number of rotatable bonds is 6. The molecule has 2 heterocycles. The molecule has 1 aromatic rings. The van der Waals surface area contributed by atoms with Gasteiger partial charge in [0.25, 0.3) is 0 Å². The van der Waals surface area contributed by atoms with E-state index in [0.717, 1.165) is 42.1 Å². The second-order valence-corrected chi connectivity index (χ2v) is 7.24. The van der Waals surface area contributed by atoms with Crippen molar-refractivity contribution in [2.45, 2.75) is 32.7 Å². The maximum absolute atomic E-state index is 11.6. The van der Waals surface area contributed by atoms with Gasteiger partial charge < -0.3 is 5.32 Å². The van der Waals surface area contributed by atoms with Crippen molar-refractivity contribution in [3.05, 3.63) is 11.1 Å². The van der Waals surface area contributed by atoms with Crippen LogP contribution >= 0.6 is 23.1 Å². The van der Waals surface area contributed by atoms with Crippen molar-refractivity contribution in [2.24, 2.45) is 5.92 Å². The second kappa shape index (κ2) is 8.00. The van der Waals surface area contributed by atoms with Gasteiger partial charge in [-0.1, -0.05) is 6.92 Å². The minimum atomic E-state index is 0.0621. The second-order valence-electron chi connectivity index (χ2n) is 5.39. The molecule has 4 nitrogen and oxygen atoms in total. The van der Waals surface area contributed by atoms with Gasteiger partial charge in [0.05, 0.1) is 5.69 Å². The number of carbonyl (C=O) groups excluding carboxylic acids is 1. The Morgan fingerprint density at radius 2 is 2.30 bits per heavy atom. The van der Waals surface area contributed by atoms with Crippen molar-refractivity contribution < 1.29 is 4.79 Å². The summed E-state index contributed by atoms with van der Waals surface area (Å²) in [6, 6.07) is 0. The number of piperidine rings is 1. The number of thioether (sulfide) groups is 1. The maximum atomic E-state index is 11.6. The van der Waals surface area contributed by atoms with Gasteiger partial charge in [0.2, 0.25) is 5.91 Å². The zero-order valence-corrected chi connectivity index (χ0v) is 13.9. The molecular formula is C14H23N3OS2. The van der Waals surface area contributed by atoms with Gasteiger partial charge in [0.15, 0.2) is 5.13 Å². The molecule has 0 saturated carbocycles. The summed E-state index contributed by atoms with van der Waals surface area (Å²) in [5, 5.41) is 5.67. The first kappa shape index (κ1) is 15.8. The van der Waals surface area contributed by atoms with Crippen LogP contribution in [0.3, 0.4) is 0 Å². The molecule has 0 radical (unpaired) electrons. The van der Waals surface area contributed by atoms with Crippen LogP contribution in [0, 0.1) is 5.92 Å². The molecular weight excluding hydrogens is 290 g/mol. The molecule has 0 unspecified atom stereocenters. The molecule has 0 spiro atoms. The highest BCUT2D eigenvalue weighted by Gasteiger charge is 2.17. The molecule has 0 bridgehead atoms. The van der Waals surface area contributed by atoms with Crippen LogP contribution in [0.2, 0.25) is 0 Å². The normalized spacial score (nSPS) is 17.3. The Hall–Kier alpha value is -0.590. The van der Waals surface area contributed by atoms with Gasteiger partial charge in [0.1, 0.15) is 0 Å². The van der Waals surface area contributed by atoms with Gasteiger partial charge in [-0.15, -0.1) is 11.3 Å². The fraction of sp³-hybridized carbons (Fsp3) is 0.714. The van der Waals surface area contributed by atoms with Crippen LogP contribution in [0.4, 0.5) is 5.13 Å². The van der Waals surface area contributed by atoms with Gasteiger partial charge in [-0.2, -0.15) is 11.8 Å². The number of amides is 1. The molecule has 0 aromatic carbocycles. The molecule has 1 aliphatic heterocycles. The van der Waals surface area contributed by atoms with E-state index in [2.05, 4.69) is 27.5 Å². The SMILES string of the molecule is CSCCC(=O)Nc1nc(CN2CCC(C)CC2)cs1. The zero-order valence-electron chi connectivity index (χ0n) is 12.2. The number of nitrogens with zero attached hydrogens (tertiary/aromatic N) is 2. The fourth-order valence-corrected chi connectivity index (χ4v) is 3.37. The summed E-state index contributed by atoms with van der Waals surface area (Å²) in [5.74, 6) is 1.77. The summed E-state index contributed by atoms with van der Waals surface area (Å²) < 4.78 is 0. The Morgan fingerprint density at radius 3 is 3.00 bits per heavy atom. The number of aromatic nitrogens is 1. The molecule has 2 rings (SSSR count). The topological polar surface area (TPSA) is 45.2 Å². The van der Waals surface area contributed by atoms with E-state index in [0.29, 0.717) is 6.42 Å². The van der Waals surface area contributed by atoms with E-state index in [1.165, 1.54) is 24.2 Å². The lowest BCUT2D eigenvalue weighted by Crippen LogP contribution is -2.32. The van der Waals surface area contributed by atoms with Crippen LogP contribution in [-0.4, -0.2) is 40.9 Å². The third-order valence-corrected chi connectivity index (χ3v) is 5.01. The number of hydrogen-bond acceptors (Lipinski definition) is 5. The predicted octanol–water partition coefficient (Wildman–Crippen LogP) is 3.07. The van der Waals surface area contributed by atoms with E-state index in [9.17, 15) is 4.79 Å². The Kier molecular flexibility index (Phi) is 6.32. The number of hydrogen-bond donors (Lipinski definition) is 1. The first-order valence-corrected chi connectivity index (χ1v) is 9.40. The zero-order chi connectivity index (χ0) is 14.4. The molecule has 1 saturated heterocycles. The Bertz CT molecular complexity index is 428. The van der Waals surface area contributed by atoms with E-state index in [1.54, 1.807) is 11.8 Å². The maximum Gasteiger partial charge on any atom is 0.226 e. The van der Waals surface area contributed by atoms with Crippen LogP contribution in [-0.2, 0) is 11.3 Å². The highest BCUT2D eigenvalue weighted by molar-refractivity contribution is 7.98. The van der Waals surface area contributed by atoms with Crippen molar-refractivity contribution in [3.63, 3.8) is 0 Å². The largest absolute Gasteiger partial charge is 0.302 e. The van der Waals surface area contributed by atoms with Crippen molar-refractivity contribution in [2.75, 3.05) is 30.4 Å². The average Bonchev–Trinajstić information content (AvgIpc) is 2.86. The fourth-order valence-electron chi connectivity index (χ4n) is 2.26. The number of nitrogens with one attached hydrogen (secondary N) is 1. The highest BCUT2D eigenvalue weighted by Crippen LogP contribution is 2.21. The van der Waals surface area contributed by atoms with Crippen LogP contribution in [0.25, 0.3) is 0 Å². The quantitative estimate of drug-likeness (QED) is 0.877. The van der Waals surface area contributed by atoms with Gasteiger partial charge >= 0.3 is 0 Å². The lowest BCUT2D eigenvalue weighted by atomic mass is 9.99. The van der Waals surface area contributed by atoms with E-state index in [1.807, 2.05) is 6.26 Å². The van der Waals surface area contributed by atoms with Gasteiger partial charge in [-0.25, -0.2) is 4.98 Å². The minimum absolute atomic E-state index is 0.0621. The van der Waals surface area contributed by atoms with E-state index in [4.69, 9.17) is 0 Å². The predicted molar refractivity (Wildman–Crippen MR) is 87.4 cm³/mol. The lowest BCUT2D eigenvalue weighted by molar-refractivity contribution is -0.115. The molecule has 1 N–H and O–H groups in total. The highest BCUT2D eigenvalue weighted by atomic mass is 32.2. The molecule has 6 heteroatoms. The Morgan fingerprint density at radius 1 is 1.55 bits per heavy atom. The first-order valence-electron chi connectivity index (χ1n) is 7.13. The summed E-state index contributed by atoms with van der Waals surface area (Å²) in [6.45, 7) is 5.55. The number of carbonyl (C=O) groups is 1. The smallest absolute Gasteiger partial charge is 0.226 e. The molecule has 0 atom stereocenters. The third-order valence-electron chi connectivity index (χ3n) is 3.59. The number of likely N-dealkylation sites (tertiary alicyclic amines) is 1. The first-order chi connectivity index (χ1) is 9.67. The Labute approximate surface area is 129 Å². The van der Waals surface area contributed by atoms with Crippen LogP contribution in [0.1, 0.15) is 31.9 Å². The monoisotopic (exact) mass is 313 g/mol. The molecule has 0 aliphatic carbocycles. The number of thiazole rings is 1. The van der Waals surface area contributed by atoms with Crippen molar-refractivity contribution >= 4 is 34.1 Å². The van der Waals surface area contributed by atoms with E-state index >= 15 is 0 Å². The molecule has 112 valence electrons. The molecule has 1 aromatic heterocycles. The van der Waals surface area contributed by atoms with Crippen molar-refractivity contribution in [1.82, 2.24) is 9.88 Å². The Balaban J connectivity index is 1.78. The van der Waals surface area contributed by atoms with Crippen LogP contribution in [0.15, 0.2) is 5.38 Å². The molecule has 1 amide bonds. The van der Waals surface area contributed by atoms with Crippen LogP contribution in [0.5, 0.6) is 0 Å². The average molecular weight is 313 g/mol. The lowest BCUT2D eigenvalue weighted by Gasteiger charge is -2.29. The van der Waals surface area contributed by atoms with Gasteiger partial charge in [-0.05, 0) is 38.1 Å². The summed E-state index contributed by atoms with van der Waals surface area (Å²) in [4.78, 5) is 18.6. The third kappa shape index (κ3) is 5.07. The van der Waals surface area contributed by atoms with Gasteiger partial charge in [-0.3, -0.25) is 9.69 Å². The molecule has 20 heavy (non-hydrogen) atoms. The summed E-state index contributed by atoms with van der Waals surface area (Å²) in [7, 11) is 0. The molecule has 1 fully saturated rings. The summed E-state index contributed by atoms with van der Waals surface area (Å²) in [6.07, 6.45) is 5.12. The number of anilines is 1. The van der Waals surface area contributed by atoms with Gasteiger partial charge in [0, 0.05) is 24.1 Å². The minimum Gasteiger partial charge on any atom is -0.302 e. The summed E-state index contributed by atoms with van der Waals surface area (Å²) in [5.41, 5.74) is 1.07. The van der Waals surface area contributed by atoms with Crippen molar-refractivity contribution in [1.29, 1.82) is 0 Å². The van der Waals surface area contributed by atoms with Crippen LogP contribution < -0.4 is 5.32 Å². The standard InChI is InChI=1S/C14H23N3OS2/c1-11-3-6-17(7-4-11)9-12-10-20-14(15-12)16-13(18)5-8-19-2/h10-11H,3-9H2,1-2H3,(H,15,16,18). The molecule has 1 aliphatic rings. The summed E-state index contributed by atoms with van der Waals surface area (Å²) >= 11 is 3.21. The van der Waals surface area contributed by atoms with E-state index < -0.39 is 0 Å².